The van der Waals surface area contributed by atoms with E-state index < -0.39 is 0 Å². The quantitative estimate of drug-likeness (QED) is 0.911. The molecule has 2 aromatic rings. The monoisotopic (exact) mass is 332 g/mol. The van der Waals surface area contributed by atoms with Gasteiger partial charge in [0.15, 0.2) is 11.5 Å². The van der Waals surface area contributed by atoms with E-state index >= 15 is 0 Å². The summed E-state index contributed by atoms with van der Waals surface area (Å²) in [7, 11) is 0. The molecule has 0 unspecified atom stereocenters. The summed E-state index contributed by atoms with van der Waals surface area (Å²) in [6.07, 6.45) is 0. The van der Waals surface area contributed by atoms with E-state index in [1.807, 2.05) is 30.5 Å². The van der Waals surface area contributed by atoms with E-state index in [1.54, 1.807) is 16.2 Å². The van der Waals surface area contributed by atoms with E-state index in [4.69, 9.17) is 9.47 Å². The molecule has 0 radical (unpaired) electrons. The van der Waals surface area contributed by atoms with E-state index in [0.29, 0.717) is 19.6 Å². The van der Waals surface area contributed by atoms with Crippen LogP contribution in [0.25, 0.3) is 0 Å². The number of hydrogen-bond acceptors (Lipinski definition) is 4. The predicted molar refractivity (Wildman–Crippen MR) is 89.9 cm³/mol. The molecular weight excluding hydrogens is 312 g/mol. The Morgan fingerprint density at radius 1 is 1.30 bits per heavy atom. The molecule has 1 aromatic carbocycles. The van der Waals surface area contributed by atoms with E-state index in [0.717, 1.165) is 17.1 Å². The van der Waals surface area contributed by atoms with Crippen molar-refractivity contribution in [3.8, 4) is 11.5 Å². The van der Waals surface area contributed by atoms with E-state index in [-0.39, 0.29) is 12.8 Å². The maximum absolute atomic E-state index is 12.4. The topological polar surface area (TPSA) is 50.8 Å². The molecule has 1 aromatic heterocycles. The summed E-state index contributed by atoms with van der Waals surface area (Å²) in [5, 5.41) is 5.03. The normalized spacial score (nSPS) is 12.3. The zero-order valence-corrected chi connectivity index (χ0v) is 14.1. The molecule has 0 spiro atoms. The third-order valence-corrected chi connectivity index (χ3v) is 4.87. The fourth-order valence-electron chi connectivity index (χ4n) is 2.44. The van der Waals surface area contributed by atoms with Crippen molar-refractivity contribution >= 4 is 17.4 Å². The Hall–Kier alpha value is -2.21. The van der Waals surface area contributed by atoms with Crippen molar-refractivity contribution in [2.75, 3.05) is 13.3 Å². The average molecular weight is 332 g/mol. The van der Waals surface area contributed by atoms with Gasteiger partial charge in [-0.3, -0.25) is 0 Å². The molecule has 1 aliphatic rings. The van der Waals surface area contributed by atoms with Gasteiger partial charge in [0.1, 0.15) is 0 Å². The Balaban J connectivity index is 1.60. The molecule has 0 aliphatic carbocycles. The second-order valence-electron chi connectivity index (χ2n) is 5.39. The van der Waals surface area contributed by atoms with E-state index in [1.165, 1.54) is 10.4 Å². The van der Waals surface area contributed by atoms with Crippen LogP contribution in [0, 0.1) is 6.92 Å². The molecule has 6 heteroatoms. The zero-order valence-electron chi connectivity index (χ0n) is 13.3. The number of nitrogens with zero attached hydrogens (tertiary/aromatic N) is 1. The highest BCUT2D eigenvalue weighted by atomic mass is 32.1. The number of urea groups is 1. The molecule has 1 N–H and O–H groups in total. The predicted octanol–water partition coefficient (Wildman–Crippen LogP) is 3.52. The number of carbonyl (C=O) groups excluding carboxylic acids is 1. The Labute approximate surface area is 139 Å². The highest BCUT2D eigenvalue weighted by Crippen LogP contribution is 2.32. The summed E-state index contributed by atoms with van der Waals surface area (Å²) < 4.78 is 10.7. The first-order valence-corrected chi connectivity index (χ1v) is 8.49. The largest absolute Gasteiger partial charge is 0.454 e. The zero-order chi connectivity index (χ0) is 16.2. The fraction of sp³-hybridized carbons (Fsp3) is 0.353. The molecule has 1 aliphatic heterocycles. The van der Waals surface area contributed by atoms with Crippen LogP contribution in [0.5, 0.6) is 11.5 Å². The third kappa shape index (κ3) is 3.59. The summed E-state index contributed by atoms with van der Waals surface area (Å²) in [5.74, 6) is 1.50. The minimum atomic E-state index is -0.0574. The van der Waals surface area contributed by atoms with Gasteiger partial charge in [-0.05, 0) is 48.6 Å². The van der Waals surface area contributed by atoms with Gasteiger partial charge >= 0.3 is 6.03 Å². The molecule has 0 bridgehead atoms. The standard InChI is InChI=1S/C17H20N2O3S/c1-3-19(17(20)18-9-16-12(2)6-7-23-16)10-13-4-5-14-15(8-13)22-11-21-14/h4-8H,3,9-11H2,1-2H3,(H,18,20). The molecule has 0 saturated heterocycles. The first-order valence-electron chi connectivity index (χ1n) is 7.61. The second-order valence-corrected chi connectivity index (χ2v) is 6.39. The Bertz CT molecular complexity index is 699. The van der Waals surface area contributed by atoms with Crippen LogP contribution in [-0.2, 0) is 13.1 Å². The number of benzene rings is 1. The first-order chi connectivity index (χ1) is 11.2. The highest BCUT2D eigenvalue weighted by Gasteiger charge is 2.16. The Kier molecular flexibility index (Phi) is 4.71. The van der Waals surface area contributed by atoms with Crippen molar-refractivity contribution in [2.45, 2.75) is 26.9 Å². The van der Waals surface area contributed by atoms with Crippen LogP contribution >= 0.6 is 11.3 Å². The molecular formula is C17H20N2O3S. The molecule has 122 valence electrons. The molecule has 2 amide bonds. The molecule has 5 nitrogen and oxygen atoms in total. The molecule has 23 heavy (non-hydrogen) atoms. The average Bonchev–Trinajstić information content (AvgIpc) is 3.18. The van der Waals surface area contributed by atoms with Crippen LogP contribution in [0.1, 0.15) is 22.9 Å². The van der Waals surface area contributed by atoms with Crippen LogP contribution < -0.4 is 14.8 Å². The van der Waals surface area contributed by atoms with Crippen LogP contribution in [0.15, 0.2) is 29.6 Å². The maximum Gasteiger partial charge on any atom is 0.317 e. The summed E-state index contributed by atoms with van der Waals surface area (Å²) in [6.45, 7) is 6.05. The van der Waals surface area contributed by atoms with Crippen molar-refractivity contribution in [3.63, 3.8) is 0 Å². The van der Waals surface area contributed by atoms with Crippen LogP contribution in [0.3, 0.4) is 0 Å². The van der Waals surface area contributed by atoms with Gasteiger partial charge in [-0.2, -0.15) is 0 Å². The van der Waals surface area contributed by atoms with E-state index in [2.05, 4.69) is 18.3 Å². The van der Waals surface area contributed by atoms with Gasteiger partial charge in [-0.1, -0.05) is 6.07 Å². The fourth-order valence-corrected chi connectivity index (χ4v) is 3.29. The Morgan fingerprint density at radius 3 is 2.87 bits per heavy atom. The van der Waals surface area contributed by atoms with Crippen molar-refractivity contribution in [2.24, 2.45) is 0 Å². The smallest absolute Gasteiger partial charge is 0.317 e. The van der Waals surface area contributed by atoms with Gasteiger partial charge in [0.25, 0.3) is 0 Å². The number of amides is 2. The van der Waals surface area contributed by atoms with Gasteiger partial charge in [-0.15, -0.1) is 11.3 Å². The van der Waals surface area contributed by atoms with Gasteiger partial charge in [0, 0.05) is 18.0 Å². The lowest BCUT2D eigenvalue weighted by Gasteiger charge is -2.21. The van der Waals surface area contributed by atoms with Crippen molar-refractivity contribution in [1.29, 1.82) is 0 Å². The van der Waals surface area contributed by atoms with Crippen molar-refractivity contribution < 1.29 is 14.3 Å². The molecule has 0 fully saturated rings. The Morgan fingerprint density at radius 2 is 2.13 bits per heavy atom. The summed E-state index contributed by atoms with van der Waals surface area (Å²) in [5.41, 5.74) is 2.24. The number of fused-ring (bicyclic) bond motifs is 1. The minimum absolute atomic E-state index is 0.0574. The molecule has 2 heterocycles. The van der Waals surface area contributed by atoms with Crippen LogP contribution in [0.4, 0.5) is 4.79 Å². The molecule has 0 atom stereocenters. The van der Waals surface area contributed by atoms with Gasteiger partial charge < -0.3 is 19.7 Å². The van der Waals surface area contributed by atoms with Crippen LogP contribution in [-0.4, -0.2) is 24.3 Å². The number of aryl methyl sites for hydroxylation is 1. The second kappa shape index (κ2) is 6.91. The minimum Gasteiger partial charge on any atom is -0.454 e. The van der Waals surface area contributed by atoms with Crippen molar-refractivity contribution in [3.05, 3.63) is 45.6 Å². The maximum atomic E-state index is 12.4. The molecule has 0 saturated carbocycles. The van der Waals surface area contributed by atoms with Gasteiger partial charge in [0.05, 0.1) is 6.54 Å². The highest BCUT2D eigenvalue weighted by molar-refractivity contribution is 7.10. The third-order valence-electron chi connectivity index (χ3n) is 3.85. The van der Waals surface area contributed by atoms with Crippen LogP contribution in [0.2, 0.25) is 0 Å². The summed E-state index contributed by atoms with van der Waals surface area (Å²) in [6, 6.07) is 7.79. The lowest BCUT2D eigenvalue weighted by atomic mass is 10.2. The summed E-state index contributed by atoms with van der Waals surface area (Å²) >= 11 is 1.66. The first kappa shape index (κ1) is 15.7. The lowest BCUT2D eigenvalue weighted by Crippen LogP contribution is -2.38. The number of thiophene rings is 1. The SMILES string of the molecule is CCN(Cc1ccc2c(c1)OCO2)C(=O)NCc1sccc1C. The van der Waals surface area contributed by atoms with Gasteiger partial charge in [-0.25, -0.2) is 4.79 Å². The number of rotatable bonds is 5. The van der Waals surface area contributed by atoms with Crippen molar-refractivity contribution in [1.82, 2.24) is 10.2 Å². The van der Waals surface area contributed by atoms with E-state index in [9.17, 15) is 4.79 Å². The lowest BCUT2D eigenvalue weighted by molar-refractivity contribution is 0.173. The molecule has 3 rings (SSSR count). The van der Waals surface area contributed by atoms with Gasteiger partial charge in [0.2, 0.25) is 6.79 Å². The number of carbonyl (C=O) groups is 1. The number of ether oxygens (including phenoxy) is 2. The number of nitrogens with one attached hydrogen (secondary N) is 1. The number of hydrogen-bond donors (Lipinski definition) is 1. The summed E-state index contributed by atoms with van der Waals surface area (Å²) in [4.78, 5) is 15.4.